The Morgan fingerprint density at radius 3 is 1.46 bits per heavy atom. The van der Waals surface area contributed by atoms with Crippen LogP contribution in [-0.2, 0) is 43.2 Å². The molecule has 0 fully saturated rings. The van der Waals surface area contributed by atoms with Gasteiger partial charge in [0.2, 0.25) is 11.9 Å². The van der Waals surface area contributed by atoms with Gasteiger partial charge in [0, 0.05) is 19.6 Å². The van der Waals surface area contributed by atoms with E-state index in [2.05, 4.69) is 51.3 Å². The second-order valence-corrected chi connectivity index (χ2v) is 15.4. The van der Waals surface area contributed by atoms with Crippen LogP contribution in [0.4, 0.5) is 16.7 Å². The molecule has 0 unspecified atom stereocenters. The van der Waals surface area contributed by atoms with E-state index in [4.69, 9.17) is 15.2 Å². The summed E-state index contributed by atoms with van der Waals surface area (Å²) >= 11 is 0. The quantitative estimate of drug-likeness (QED) is 0.0292. The topological polar surface area (TPSA) is 291 Å². The molecule has 0 saturated heterocycles. The maximum absolute atomic E-state index is 13.0. The molecule has 9 N–H and O–H groups in total. The van der Waals surface area contributed by atoms with Gasteiger partial charge in [0.1, 0.15) is 30.2 Å². The zero-order chi connectivity index (χ0) is 49.6. The molecule has 0 bridgehead atoms. The van der Waals surface area contributed by atoms with E-state index in [9.17, 15) is 34.2 Å². The second-order valence-electron chi connectivity index (χ2n) is 15.4. The van der Waals surface area contributed by atoms with E-state index in [1.165, 1.54) is 14.2 Å². The molecule has 2 aromatic heterocycles. The van der Waals surface area contributed by atoms with Gasteiger partial charge in [-0.1, -0.05) is 54.6 Å². The highest BCUT2D eigenvalue weighted by molar-refractivity contribution is 5.99. The molecule has 20 heteroatoms. The lowest BCUT2D eigenvalue weighted by Crippen LogP contribution is -2.49. The normalized spacial score (nSPS) is 11.4. The van der Waals surface area contributed by atoms with E-state index in [1.807, 2.05) is 48.5 Å². The number of aromatic nitrogens is 4. The Kier molecular flexibility index (Phi) is 20.9. The molecule has 5 aromatic rings. The van der Waals surface area contributed by atoms with Gasteiger partial charge >= 0.3 is 18.0 Å². The van der Waals surface area contributed by atoms with Gasteiger partial charge in [0.05, 0.1) is 54.7 Å². The summed E-state index contributed by atoms with van der Waals surface area (Å²) < 4.78 is 14.6. The molecule has 0 aliphatic rings. The highest BCUT2D eigenvalue weighted by Crippen LogP contribution is 2.17. The lowest BCUT2D eigenvalue weighted by atomic mass is 10.1. The summed E-state index contributed by atoms with van der Waals surface area (Å²) in [6.45, 7) is 7.75. The first kappa shape index (κ1) is 52.8. The SMILES string of the molecule is COC(=O)[C@H](CN)NC(=O)c1c(C)nc(NCCCc2cccc(O)c2)nc1C.COC(=O)[C@H](CNC(=O)OCc1ccccc1)NC(=O)c1c(C)nc(NCCCc2cccc(O)c2)nc1C. The van der Waals surface area contributed by atoms with Crippen LogP contribution in [0.25, 0.3) is 0 Å². The number of esters is 2. The van der Waals surface area contributed by atoms with E-state index < -0.39 is 41.9 Å². The molecule has 0 saturated carbocycles. The van der Waals surface area contributed by atoms with E-state index in [-0.39, 0.29) is 36.8 Å². The number of aryl methyl sites for hydroxylation is 6. The lowest BCUT2D eigenvalue weighted by Gasteiger charge is -2.18. The van der Waals surface area contributed by atoms with Crippen molar-refractivity contribution < 1.29 is 48.4 Å². The molecule has 20 nitrogen and oxygen atoms in total. The van der Waals surface area contributed by atoms with E-state index in [0.717, 1.165) is 42.4 Å². The van der Waals surface area contributed by atoms with Gasteiger partial charge < -0.3 is 56.7 Å². The molecule has 0 radical (unpaired) electrons. The van der Waals surface area contributed by atoms with Crippen LogP contribution in [0, 0.1) is 27.7 Å². The summed E-state index contributed by atoms with van der Waals surface area (Å²) in [5.41, 5.74) is 10.8. The first-order valence-electron chi connectivity index (χ1n) is 21.8. The fraction of sp³-hybridized carbons (Fsp3) is 0.354. The van der Waals surface area contributed by atoms with Gasteiger partial charge in [-0.15, -0.1) is 0 Å². The molecular formula is C48H60N10O10. The number of methoxy groups -OCH3 is 2. The molecule has 3 amide bonds. The van der Waals surface area contributed by atoms with Crippen molar-refractivity contribution in [3.63, 3.8) is 0 Å². The van der Waals surface area contributed by atoms with Crippen molar-refractivity contribution in [3.05, 3.63) is 129 Å². The number of benzene rings is 3. The third kappa shape index (κ3) is 16.8. The average Bonchev–Trinajstić information content (AvgIpc) is 3.31. The van der Waals surface area contributed by atoms with Crippen LogP contribution in [-0.4, -0.2) is 112 Å². The third-order valence-corrected chi connectivity index (χ3v) is 10.1. The highest BCUT2D eigenvalue weighted by Gasteiger charge is 2.26. The van der Waals surface area contributed by atoms with Crippen molar-refractivity contribution in [1.29, 1.82) is 0 Å². The summed E-state index contributed by atoms with van der Waals surface area (Å²) in [5.74, 6) is -1.10. The standard InChI is InChI=1S/C28H33N5O6.C20H27N5O4/c1-18-24(19(2)32-27(31-18)29-14-8-12-20-11-7-13-22(34)15-20)25(35)33-23(26(36)38-3)16-30-28(37)39-17-21-9-5-4-6-10-21;1-12-17(18(27)25-16(11-21)19(28)29-3)13(2)24-20(23-12)22-9-5-7-14-6-4-8-15(26)10-14/h4-7,9-11,13,15,23,34H,8,12,14,16-17H2,1-3H3,(H,30,37)(H,33,35)(H,29,31,32);4,6,8,10,16,26H,5,7,9,11,21H2,1-3H3,(H,25,27)(H,22,23,24)/t23-;16-/m00/s1. The number of aromatic hydroxyl groups is 2. The predicted molar refractivity (Wildman–Crippen MR) is 253 cm³/mol. The molecule has 0 aliphatic carbocycles. The molecule has 362 valence electrons. The fourth-order valence-corrected chi connectivity index (χ4v) is 6.77. The molecular weight excluding hydrogens is 877 g/mol. The number of phenols is 2. The van der Waals surface area contributed by atoms with Crippen LogP contribution >= 0.6 is 0 Å². The van der Waals surface area contributed by atoms with Crippen LogP contribution in [0.5, 0.6) is 11.5 Å². The number of phenolic OH excluding ortho intramolecular Hbond substituents is 2. The third-order valence-electron chi connectivity index (χ3n) is 10.1. The summed E-state index contributed by atoms with van der Waals surface area (Å²) in [5, 5.41) is 33.0. The Balaban J connectivity index is 0.000000310. The van der Waals surface area contributed by atoms with Gasteiger partial charge in [-0.3, -0.25) is 9.59 Å². The first-order chi connectivity index (χ1) is 32.6. The number of nitrogens with two attached hydrogens (primary N) is 1. The van der Waals surface area contributed by atoms with Gasteiger partial charge in [-0.2, -0.15) is 0 Å². The smallest absolute Gasteiger partial charge is 0.407 e. The Morgan fingerprint density at radius 2 is 1.03 bits per heavy atom. The Labute approximate surface area is 394 Å². The summed E-state index contributed by atoms with van der Waals surface area (Å²) in [4.78, 5) is 79.0. The predicted octanol–water partition coefficient (Wildman–Crippen LogP) is 4.12. The number of ether oxygens (including phenoxy) is 3. The van der Waals surface area contributed by atoms with Gasteiger partial charge in [-0.25, -0.2) is 34.3 Å². The van der Waals surface area contributed by atoms with Gasteiger partial charge in [0.25, 0.3) is 11.8 Å². The maximum Gasteiger partial charge on any atom is 0.407 e. The van der Waals surface area contributed by atoms with Crippen molar-refractivity contribution >= 4 is 41.7 Å². The number of hydrogen-bond acceptors (Lipinski definition) is 17. The van der Waals surface area contributed by atoms with Crippen molar-refractivity contribution in [2.24, 2.45) is 5.73 Å². The molecule has 2 heterocycles. The molecule has 0 spiro atoms. The zero-order valence-corrected chi connectivity index (χ0v) is 39.1. The lowest BCUT2D eigenvalue weighted by molar-refractivity contribution is -0.143. The Bertz CT molecular complexity index is 2450. The number of nitrogens with one attached hydrogen (secondary N) is 5. The van der Waals surface area contributed by atoms with Crippen LogP contribution in [0.3, 0.4) is 0 Å². The molecule has 2 atom stereocenters. The Morgan fingerprint density at radius 1 is 0.603 bits per heavy atom. The second kappa shape index (κ2) is 26.9. The number of rotatable bonds is 21. The zero-order valence-electron chi connectivity index (χ0n) is 39.1. The van der Waals surface area contributed by atoms with E-state index >= 15 is 0 Å². The van der Waals surface area contributed by atoms with Crippen LogP contribution in [0.15, 0.2) is 78.9 Å². The minimum Gasteiger partial charge on any atom is -0.508 e. The number of alkyl carbamates (subject to hydrolysis) is 1. The maximum atomic E-state index is 13.0. The number of carbonyl (C=O) groups excluding carboxylic acids is 5. The minimum atomic E-state index is -1.15. The van der Waals surface area contributed by atoms with E-state index in [0.29, 0.717) is 53.3 Å². The summed E-state index contributed by atoms with van der Waals surface area (Å²) in [7, 11) is 2.42. The van der Waals surface area contributed by atoms with Crippen molar-refractivity contribution in [1.82, 2.24) is 35.9 Å². The summed E-state index contributed by atoms with van der Waals surface area (Å²) in [6, 6.07) is 21.3. The highest BCUT2D eigenvalue weighted by atomic mass is 16.5. The minimum absolute atomic E-state index is 0.0634. The fourth-order valence-electron chi connectivity index (χ4n) is 6.77. The molecule has 5 rings (SSSR count). The number of hydrogen-bond donors (Lipinski definition) is 8. The van der Waals surface area contributed by atoms with Crippen LogP contribution in [0.1, 0.15) is 73.0 Å². The van der Waals surface area contributed by atoms with Crippen molar-refractivity contribution in [2.75, 3.05) is 51.0 Å². The summed E-state index contributed by atoms with van der Waals surface area (Å²) in [6.07, 6.45) is 2.44. The van der Waals surface area contributed by atoms with Crippen molar-refractivity contribution in [3.8, 4) is 11.5 Å². The van der Waals surface area contributed by atoms with Crippen LogP contribution < -0.4 is 32.3 Å². The number of nitrogens with zero attached hydrogens (tertiary/aromatic N) is 4. The number of anilines is 2. The monoisotopic (exact) mass is 936 g/mol. The molecule has 68 heavy (non-hydrogen) atoms. The van der Waals surface area contributed by atoms with Crippen LogP contribution in [0.2, 0.25) is 0 Å². The molecule has 3 aromatic carbocycles. The largest absolute Gasteiger partial charge is 0.508 e. The average molecular weight is 937 g/mol. The number of amides is 3. The van der Waals surface area contributed by atoms with E-state index in [1.54, 1.807) is 58.0 Å². The van der Waals surface area contributed by atoms with Gasteiger partial charge in [-0.05, 0) is 94.3 Å². The Hall–Kier alpha value is -7.87. The van der Waals surface area contributed by atoms with Crippen molar-refractivity contribution in [2.45, 2.75) is 72.1 Å². The number of carbonyl (C=O) groups is 5. The van der Waals surface area contributed by atoms with Gasteiger partial charge in [0.15, 0.2) is 0 Å². The molecule has 0 aliphatic heterocycles. The first-order valence-corrected chi connectivity index (χ1v) is 21.8.